The second-order valence-electron chi connectivity index (χ2n) is 5.65. The van der Waals surface area contributed by atoms with E-state index < -0.39 is 0 Å². The first-order chi connectivity index (χ1) is 10.1. The molecule has 3 rings (SSSR count). The van der Waals surface area contributed by atoms with Crippen LogP contribution in [0.25, 0.3) is 5.69 Å². The summed E-state index contributed by atoms with van der Waals surface area (Å²) in [4.78, 5) is 4.54. The van der Waals surface area contributed by atoms with Crippen molar-refractivity contribution in [1.29, 1.82) is 0 Å². The van der Waals surface area contributed by atoms with Gasteiger partial charge in [-0.3, -0.25) is 4.57 Å². The van der Waals surface area contributed by atoms with E-state index in [-0.39, 0.29) is 5.82 Å². The molecule has 0 bridgehead atoms. The van der Waals surface area contributed by atoms with E-state index >= 15 is 0 Å². The summed E-state index contributed by atoms with van der Waals surface area (Å²) in [7, 11) is 0. The van der Waals surface area contributed by atoms with Crippen LogP contribution in [0.4, 0.5) is 10.3 Å². The largest absolute Gasteiger partial charge is 0.353 e. The van der Waals surface area contributed by atoms with Crippen LogP contribution in [0.15, 0.2) is 24.4 Å². The van der Waals surface area contributed by atoms with Gasteiger partial charge in [-0.05, 0) is 38.0 Å². The number of halogens is 2. The highest BCUT2D eigenvalue weighted by Crippen LogP contribution is 2.27. The Hall–Kier alpha value is -1.55. The van der Waals surface area contributed by atoms with E-state index in [1.807, 2.05) is 17.7 Å². The summed E-state index contributed by atoms with van der Waals surface area (Å²) in [5, 5.41) is 3.90. The number of imidazole rings is 1. The summed E-state index contributed by atoms with van der Waals surface area (Å²) in [5.41, 5.74) is 1.66. The van der Waals surface area contributed by atoms with Crippen LogP contribution in [0, 0.1) is 12.7 Å². The highest BCUT2D eigenvalue weighted by atomic mass is 35.5. The molecule has 1 heterocycles. The van der Waals surface area contributed by atoms with Crippen LogP contribution in [-0.2, 0) is 0 Å². The molecule has 1 fully saturated rings. The van der Waals surface area contributed by atoms with E-state index in [2.05, 4.69) is 10.3 Å². The normalized spacial score (nSPS) is 16.1. The maximum absolute atomic E-state index is 13.2. The Morgan fingerprint density at radius 2 is 2.05 bits per heavy atom. The first kappa shape index (κ1) is 14.4. The predicted octanol–water partition coefficient (Wildman–Crippen LogP) is 4.72. The number of benzene rings is 1. The number of rotatable bonds is 3. The number of aryl methyl sites for hydroxylation is 1. The van der Waals surface area contributed by atoms with Gasteiger partial charge in [0.05, 0.1) is 16.4 Å². The second kappa shape index (κ2) is 6.06. The molecule has 0 spiro atoms. The van der Waals surface area contributed by atoms with Crippen molar-refractivity contribution >= 4 is 17.5 Å². The third-order valence-electron chi connectivity index (χ3n) is 3.93. The average Bonchev–Trinajstić information content (AvgIpc) is 2.80. The third kappa shape index (κ3) is 3.21. The lowest BCUT2D eigenvalue weighted by Crippen LogP contribution is -2.24. The molecule has 1 aromatic heterocycles. The van der Waals surface area contributed by atoms with Crippen LogP contribution in [0.1, 0.15) is 37.8 Å². The summed E-state index contributed by atoms with van der Waals surface area (Å²) >= 11 is 6.17. The fraction of sp³-hybridized carbons (Fsp3) is 0.438. The Morgan fingerprint density at radius 3 is 2.76 bits per heavy atom. The Bertz CT molecular complexity index is 632. The van der Waals surface area contributed by atoms with Gasteiger partial charge in [0.25, 0.3) is 0 Å². The molecule has 3 nitrogen and oxygen atoms in total. The van der Waals surface area contributed by atoms with Gasteiger partial charge in [-0.25, -0.2) is 9.37 Å². The van der Waals surface area contributed by atoms with Gasteiger partial charge in [0.15, 0.2) is 0 Å². The molecule has 0 unspecified atom stereocenters. The van der Waals surface area contributed by atoms with Gasteiger partial charge in [0.2, 0.25) is 5.95 Å². The standard InChI is InChI=1S/C16H19ClFN3/c1-11-10-21(15-8-7-12(18)9-14(15)17)16(19-11)20-13-5-3-2-4-6-13/h7-10,13H,2-6H2,1H3,(H,19,20). The molecule has 0 atom stereocenters. The Labute approximate surface area is 129 Å². The van der Waals surface area contributed by atoms with Crippen molar-refractivity contribution in [3.8, 4) is 5.69 Å². The van der Waals surface area contributed by atoms with Crippen LogP contribution in [0.5, 0.6) is 0 Å². The van der Waals surface area contributed by atoms with Crippen molar-refractivity contribution in [3.63, 3.8) is 0 Å². The molecule has 1 aliphatic carbocycles. The lowest BCUT2D eigenvalue weighted by Gasteiger charge is -2.23. The molecule has 0 radical (unpaired) electrons. The van der Waals surface area contributed by atoms with Crippen molar-refractivity contribution in [3.05, 3.63) is 40.9 Å². The van der Waals surface area contributed by atoms with E-state index in [4.69, 9.17) is 11.6 Å². The summed E-state index contributed by atoms with van der Waals surface area (Å²) in [6.07, 6.45) is 8.09. The number of anilines is 1. The van der Waals surface area contributed by atoms with Crippen LogP contribution in [-0.4, -0.2) is 15.6 Å². The minimum absolute atomic E-state index is 0.331. The Kier molecular flexibility index (Phi) is 4.15. The van der Waals surface area contributed by atoms with Gasteiger partial charge in [0, 0.05) is 12.2 Å². The monoisotopic (exact) mass is 307 g/mol. The number of nitrogens with one attached hydrogen (secondary N) is 1. The number of hydrogen-bond donors (Lipinski definition) is 1. The number of hydrogen-bond acceptors (Lipinski definition) is 2. The van der Waals surface area contributed by atoms with Gasteiger partial charge in [0.1, 0.15) is 5.82 Å². The lowest BCUT2D eigenvalue weighted by molar-refractivity contribution is 0.460. The van der Waals surface area contributed by atoms with Gasteiger partial charge in [-0.15, -0.1) is 0 Å². The summed E-state index contributed by atoms with van der Waals surface area (Å²) in [5.74, 6) is 0.454. The molecule has 1 aliphatic rings. The predicted molar refractivity (Wildman–Crippen MR) is 83.8 cm³/mol. The minimum atomic E-state index is -0.331. The molecule has 0 saturated heterocycles. The van der Waals surface area contributed by atoms with E-state index in [1.165, 1.54) is 44.2 Å². The van der Waals surface area contributed by atoms with Gasteiger partial charge >= 0.3 is 0 Å². The zero-order valence-electron chi connectivity index (χ0n) is 12.1. The lowest BCUT2D eigenvalue weighted by atomic mass is 9.96. The second-order valence-corrected chi connectivity index (χ2v) is 6.06. The highest BCUT2D eigenvalue weighted by Gasteiger charge is 2.17. The number of nitrogens with zero attached hydrogens (tertiary/aromatic N) is 2. The summed E-state index contributed by atoms with van der Waals surface area (Å²) < 4.78 is 15.1. The molecular weight excluding hydrogens is 289 g/mol. The molecular formula is C16H19ClFN3. The maximum Gasteiger partial charge on any atom is 0.208 e. The van der Waals surface area contributed by atoms with Gasteiger partial charge in [-0.1, -0.05) is 30.9 Å². The van der Waals surface area contributed by atoms with E-state index in [0.717, 1.165) is 17.3 Å². The molecule has 0 amide bonds. The zero-order chi connectivity index (χ0) is 14.8. The quantitative estimate of drug-likeness (QED) is 0.889. The summed E-state index contributed by atoms with van der Waals surface area (Å²) in [6, 6.07) is 4.89. The smallest absolute Gasteiger partial charge is 0.208 e. The SMILES string of the molecule is Cc1cn(-c2ccc(F)cc2Cl)c(NC2CCCCC2)n1. The van der Waals surface area contributed by atoms with Crippen molar-refractivity contribution < 1.29 is 4.39 Å². The van der Waals surface area contributed by atoms with Crippen molar-refractivity contribution in [2.45, 2.75) is 45.1 Å². The van der Waals surface area contributed by atoms with E-state index in [9.17, 15) is 4.39 Å². The zero-order valence-corrected chi connectivity index (χ0v) is 12.8. The molecule has 5 heteroatoms. The third-order valence-corrected chi connectivity index (χ3v) is 4.24. The van der Waals surface area contributed by atoms with Crippen LogP contribution < -0.4 is 5.32 Å². The van der Waals surface area contributed by atoms with Crippen molar-refractivity contribution in [2.24, 2.45) is 0 Å². The van der Waals surface area contributed by atoms with Gasteiger partial charge < -0.3 is 5.32 Å². The van der Waals surface area contributed by atoms with Crippen molar-refractivity contribution in [2.75, 3.05) is 5.32 Å². The minimum Gasteiger partial charge on any atom is -0.353 e. The van der Waals surface area contributed by atoms with E-state index in [1.54, 1.807) is 6.07 Å². The molecule has 1 saturated carbocycles. The first-order valence-corrected chi connectivity index (χ1v) is 7.79. The molecule has 21 heavy (non-hydrogen) atoms. The van der Waals surface area contributed by atoms with Crippen LogP contribution in [0.2, 0.25) is 5.02 Å². The van der Waals surface area contributed by atoms with E-state index in [0.29, 0.717) is 11.1 Å². The molecule has 112 valence electrons. The fourth-order valence-electron chi connectivity index (χ4n) is 2.89. The molecule has 1 aromatic carbocycles. The fourth-order valence-corrected chi connectivity index (χ4v) is 3.15. The Morgan fingerprint density at radius 1 is 1.29 bits per heavy atom. The summed E-state index contributed by atoms with van der Waals surface area (Å²) in [6.45, 7) is 1.94. The Balaban J connectivity index is 1.91. The maximum atomic E-state index is 13.2. The first-order valence-electron chi connectivity index (χ1n) is 7.41. The van der Waals surface area contributed by atoms with Crippen molar-refractivity contribution in [1.82, 2.24) is 9.55 Å². The van der Waals surface area contributed by atoms with Gasteiger partial charge in [-0.2, -0.15) is 0 Å². The van der Waals surface area contributed by atoms with Crippen LogP contribution in [0.3, 0.4) is 0 Å². The molecule has 2 aromatic rings. The van der Waals surface area contributed by atoms with Crippen LogP contribution >= 0.6 is 11.6 Å². The topological polar surface area (TPSA) is 29.9 Å². The molecule has 0 aliphatic heterocycles. The number of aromatic nitrogens is 2. The molecule has 1 N–H and O–H groups in total. The highest BCUT2D eigenvalue weighted by molar-refractivity contribution is 6.32. The average molecular weight is 308 g/mol.